The van der Waals surface area contributed by atoms with Crippen LogP contribution in [0.1, 0.15) is 29.8 Å². The highest BCUT2D eigenvalue weighted by molar-refractivity contribution is 5.94. The first kappa shape index (κ1) is 18.5. The number of halogens is 4. The van der Waals surface area contributed by atoms with Crippen molar-refractivity contribution < 1.29 is 32.2 Å². The zero-order chi connectivity index (χ0) is 18.8. The summed E-state index contributed by atoms with van der Waals surface area (Å²) in [6.45, 7) is 3.44. The number of carboxylic acids is 1. The zero-order valence-corrected chi connectivity index (χ0v) is 13.2. The van der Waals surface area contributed by atoms with E-state index in [4.69, 9.17) is 4.74 Å². The highest BCUT2D eigenvalue weighted by Crippen LogP contribution is 2.38. The Kier molecular flexibility index (Phi) is 5.15. The third kappa shape index (κ3) is 4.37. The van der Waals surface area contributed by atoms with Crippen LogP contribution in [0.4, 0.5) is 23.2 Å². The smallest absolute Gasteiger partial charge is 0.421 e. The lowest BCUT2D eigenvalue weighted by Gasteiger charge is -2.16. The minimum atomic E-state index is -4.76. The predicted octanol–water partition coefficient (Wildman–Crippen LogP) is 4.55. The lowest BCUT2D eigenvalue weighted by atomic mass is 10.1. The van der Waals surface area contributed by atoms with Crippen molar-refractivity contribution in [3.63, 3.8) is 0 Å². The number of anilines is 1. The maximum atomic E-state index is 14.2. The van der Waals surface area contributed by atoms with Crippen LogP contribution in [-0.4, -0.2) is 22.1 Å². The van der Waals surface area contributed by atoms with E-state index in [1.54, 1.807) is 13.8 Å². The van der Waals surface area contributed by atoms with Gasteiger partial charge in [0, 0.05) is 24.4 Å². The van der Waals surface area contributed by atoms with Crippen molar-refractivity contribution >= 4 is 11.7 Å². The maximum absolute atomic E-state index is 14.2. The summed E-state index contributed by atoms with van der Waals surface area (Å²) in [6, 6.07) is 3.28. The molecular weight excluding hydrogens is 344 g/mol. The first-order valence-corrected chi connectivity index (χ1v) is 7.13. The van der Waals surface area contributed by atoms with Crippen LogP contribution in [0, 0.1) is 5.82 Å². The summed E-state index contributed by atoms with van der Waals surface area (Å²) in [5, 5.41) is 12.0. The van der Waals surface area contributed by atoms with Gasteiger partial charge in [0.1, 0.15) is 5.56 Å². The van der Waals surface area contributed by atoms with Gasteiger partial charge in [-0.25, -0.2) is 14.2 Å². The largest absolute Gasteiger partial charge is 0.478 e. The Hall–Kier alpha value is -2.84. The second-order valence-electron chi connectivity index (χ2n) is 5.39. The maximum Gasteiger partial charge on any atom is 0.421 e. The normalized spacial score (nSPS) is 11.5. The Morgan fingerprint density at radius 3 is 2.56 bits per heavy atom. The van der Waals surface area contributed by atoms with Crippen LogP contribution < -0.4 is 10.1 Å². The molecule has 0 unspecified atom stereocenters. The molecule has 0 radical (unpaired) electrons. The first-order chi connectivity index (χ1) is 11.6. The molecule has 0 aliphatic carbocycles. The number of nitrogens with zero attached hydrogens (tertiary/aromatic N) is 1. The Bertz CT molecular complexity index is 791. The average molecular weight is 358 g/mol. The average Bonchev–Trinajstić information content (AvgIpc) is 2.48. The molecule has 0 aliphatic rings. The summed E-state index contributed by atoms with van der Waals surface area (Å²) >= 11 is 0. The molecule has 134 valence electrons. The molecule has 25 heavy (non-hydrogen) atoms. The van der Waals surface area contributed by atoms with E-state index in [1.165, 1.54) is 0 Å². The number of alkyl halides is 3. The van der Waals surface area contributed by atoms with Gasteiger partial charge in [-0.05, 0) is 26.0 Å². The number of nitrogens with one attached hydrogen (secondary N) is 1. The molecule has 0 saturated carbocycles. The molecule has 9 heteroatoms. The lowest BCUT2D eigenvalue weighted by Crippen LogP contribution is -2.14. The number of aromatic carboxylic acids is 1. The Morgan fingerprint density at radius 1 is 1.32 bits per heavy atom. The van der Waals surface area contributed by atoms with Gasteiger partial charge in [-0.3, -0.25) is 0 Å². The first-order valence-electron chi connectivity index (χ1n) is 7.13. The molecule has 0 fully saturated rings. The van der Waals surface area contributed by atoms with E-state index in [1.807, 2.05) is 0 Å². The number of rotatable bonds is 5. The van der Waals surface area contributed by atoms with Gasteiger partial charge >= 0.3 is 12.1 Å². The molecule has 1 aromatic heterocycles. The van der Waals surface area contributed by atoms with E-state index in [0.717, 1.165) is 30.5 Å². The fourth-order valence-electron chi connectivity index (χ4n) is 2.03. The van der Waals surface area contributed by atoms with Gasteiger partial charge in [0.25, 0.3) is 0 Å². The fraction of sp³-hybridized carbons (Fsp3) is 0.250. The van der Waals surface area contributed by atoms with Crippen LogP contribution >= 0.6 is 0 Å². The summed E-state index contributed by atoms with van der Waals surface area (Å²) in [4.78, 5) is 14.8. The van der Waals surface area contributed by atoms with Crippen molar-refractivity contribution in [1.29, 1.82) is 0 Å². The zero-order valence-electron chi connectivity index (χ0n) is 13.2. The Balaban J connectivity index is 2.48. The summed E-state index contributed by atoms with van der Waals surface area (Å²) < 4.78 is 58.0. The molecule has 0 bridgehead atoms. The number of carboxylic acid groups (broad SMARTS) is 1. The highest BCUT2D eigenvalue weighted by Gasteiger charge is 2.35. The van der Waals surface area contributed by atoms with Crippen molar-refractivity contribution in [2.24, 2.45) is 0 Å². The number of carbonyl (C=O) groups is 1. The Morgan fingerprint density at radius 2 is 2.00 bits per heavy atom. The van der Waals surface area contributed by atoms with Crippen LogP contribution in [0.15, 0.2) is 30.5 Å². The summed E-state index contributed by atoms with van der Waals surface area (Å²) in [7, 11) is 0. The number of benzene rings is 1. The van der Waals surface area contributed by atoms with Crippen molar-refractivity contribution in [2.75, 3.05) is 5.32 Å². The third-order valence-electron chi connectivity index (χ3n) is 3.03. The predicted molar refractivity (Wildman–Crippen MR) is 81.4 cm³/mol. The molecule has 2 N–H and O–H groups in total. The second kappa shape index (κ2) is 6.96. The van der Waals surface area contributed by atoms with Crippen LogP contribution in [0.25, 0.3) is 0 Å². The fourth-order valence-corrected chi connectivity index (χ4v) is 2.03. The molecule has 0 saturated heterocycles. The topological polar surface area (TPSA) is 71.5 Å². The molecule has 0 spiro atoms. The number of ether oxygens (including phenoxy) is 1. The van der Waals surface area contributed by atoms with Crippen molar-refractivity contribution in [3.8, 4) is 11.6 Å². The molecule has 2 aromatic rings. The molecule has 2 rings (SSSR count). The van der Waals surface area contributed by atoms with E-state index in [0.29, 0.717) is 0 Å². The van der Waals surface area contributed by atoms with E-state index >= 15 is 0 Å². The van der Waals surface area contributed by atoms with E-state index in [-0.39, 0.29) is 17.3 Å². The molecule has 0 atom stereocenters. The molecule has 5 nitrogen and oxygen atoms in total. The van der Waals surface area contributed by atoms with Gasteiger partial charge in [0.15, 0.2) is 11.6 Å². The van der Waals surface area contributed by atoms with E-state index in [2.05, 4.69) is 10.3 Å². The molecule has 0 aliphatic heterocycles. The van der Waals surface area contributed by atoms with Crippen molar-refractivity contribution in [2.45, 2.75) is 26.1 Å². The van der Waals surface area contributed by atoms with Gasteiger partial charge in [-0.1, -0.05) is 0 Å². The van der Waals surface area contributed by atoms with Gasteiger partial charge in [-0.15, -0.1) is 0 Å². The van der Waals surface area contributed by atoms with Crippen molar-refractivity contribution in [1.82, 2.24) is 4.98 Å². The van der Waals surface area contributed by atoms with Gasteiger partial charge in [-0.2, -0.15) is 13.2 Å². The van der Waals surface area contributed by atoms with Gasteiger partial charge in [0.2, 0.25) is 5.88 Å². The van der Waals surface area contributed by atoms with Crippen LogP contribution in [0.2, 0.25) is 0 Å². The molecular formula is C16H14F4N2O3. The number of aromatic nitrogens is 1. The minimum absolute atomic E-state index is 0.00980. The van der Waals surface area contributed by atoms with Crippen LogP contribution in [-0.2, 0) is 6.18 Å². The summed E-state index contributed by atoms with van der Waals surface area (Å²) in [5.41, 5.74) is -1.55. The van der Waals surface area contributed by atoms with E-state index < -0.39 is 35.2 Å². The van der Waals surface area contributed by atoms with E-state index in [9.17, 15) is 27.5 Å². The van der Waals surface area contributed by atoms with Gasteiger partial charge in [0.05, 0.1) is 11.3 Å². The molecule has 1 heterocycles. The number of pyridine rings is 1. The minimum Gasteiger partial charge on any atom is -0.478 e. The summed E-state index contributed by atoms with van der Waals surface area (Å²) in [6.07, 6.45) is -3.70. The highest BCUT2D eigenvalue weighted by atomic mass is 19.4. The quantitative estimate of drug-likeness (QED) is 0.767. The SMILES string of the molecule is CC(C)Nc1cc(F)c(Oc2ncccc2C(F)(F)F)cc1C(=O)O. The molecule has 1 aromatic carbocycles. The molecule has 0 amide bonds. The van der Waals surface area contributed by atoms with Crippen LogP contribution in [0.3, 0.4) is 0 Å². The van der Waals surface area contributed by atoms with Crippen LogP contribution in [0.5, 0.6) is 11.6 Å². The number of hydrogen-bond acceptors (Lipinski definition) is 4. The number of hydrogen-bond donors (Lipinski definition) is 2. The monoisotopic (exact) mass is 358 g/mol. The van der Waals surface area contributed by atoms with Gasteiger partial charge < -0.3 is 15.2 Å². The Labute approximate surface area is 140 Å². The lowest BCUT2D eigenvalue weighted by molar-refractivity contribution is -0.138. The summed E-state index contributed by atoms with van der Waals surface area (Å²) in [5.74, 6) is -3.94. The standard InChI is InChI=1S/C16H14F4N2O3/c1-8(2)22-12-7-11(17)13(6-9(12)15(23)24)25-14-10(16(18,19)20)4-3-5-21-14/h3-8,22H,1-2H3,(H,23,24). The second-order valence-corrected chi connectivity index (χ2v) is 5.39. The van der Waals surface area contributed by atoms with Crippen molar-refractivity contribution in [3.05, 3.63) is 47.4 Å². The third-order valence-corrected chi connectivity index (χ3v) is 3.03.